The summed E-state index contributed by atoms with van der Waals surface area (Å²) in [5, 5.41) is 3.55. The van der Waals surface area contributed by atoms with Gasteiger partial charge in [0.15, 0.2) is 0 Å². The van der Waals surface area contributed by atoms with E-state index < -0.39 is 0 Å². The molecule has 0 spiro atoms. The summed E-state index contributed by atoms with van der Waals surface area (Å²) in [4.78, 5) is 24.7. The highest BCUT2D eigenvalue weighted by Crippen LogP contribution is 2.25. The van der Waals surface area contributed by atoms with E-state index in [0.29, 0.717) is 25.0 Å². The number of methoxy groups -OCH3 is 1. The molecule has 2 atom stereocenters. The average Bonchev–Trinajstić information content (AvgIpc) is 3.12. The van der Waals surface area contributed by atoms with Crippen molar-refractivity contribution in [3.63, 3.8) is 0 Å². The number of hydrogen-bond donors (Lipinski definition) is 1. The lowest BCUT2D eigenvalue weighted by Crippen LogP contribution is -2.51. The van der Waals surface area contributed by atoms with Crippen molar-refractivity contribution in [1.29, 1.82) is 0 Å². The third-order valence-corrected chi connectivity index (χ3v) is 3.71. The number of hydrogen-bond acceptors (Lipinski definition) is 4. The zero-order valence-electron chi connectivity index (χ0n) is 11.1. The Bertz CT molecular complexity index is 328. The average molecular weight is 254 g/mol. The van der Waals surface area contributed by atoms with E-state index in [-0.39, 0.29) is 17.8 Å². The van der Waals surface area contributed by atoms with Gasteiger partial charge >= 0.3 is 5.97 Å². The minimum absolute atomic E-state index is 0.0900. The van der Waals surface area contributed by atoms with Crippen LogP contribution in [0, 0.1) is 5.92 Å². The van der Waals surface area contributed by atoms with Gasteiger partial charge in [-0.25, -0.2) is 0 Å². The maximum atomic E-state index is 11.5. The molecule has 2 unspecified atom stereocenters. The van der Waals surface area contributed by atoms with Crippen LogP contribution in [0.5, 0.6) is 0 Å². The molecule has 1 heterocycles. The molecule has 0 aromatic rings. The Labute approximate surface area is 108 Å². The van der Waals surface area contributed by atoms with E-state index >= 15 is 0 Å². The highest BCUT2D eigenvalue weighted by Gasteiger charge is 2.33. The molecule has 5 nitrogen and oxygen atoms in total. The maximum Gasteiger partial charge on any atom is 0.305 e. The molecule has 0 aromatic heterocycles. The number of nitrogens with one attached hydrogen (secondary N) is 1. The molecular weight excluding hydrogens is 232 g/mol. The highest BCUT2D eigenvalue weighted by atomic mass is 16.5. The summed E-state index contributed by atoms with van der Waals surface area (Å²) in [6.07, 6.45) is 3.83. The second-order valence-electron chi connectivity index (χ2n) is 5.44. The van der Waals surface area contributed by atoms with Gasteiger partial charge in [-0.05, 0) is 25.2 Å². The van der Waals surface area contributed by atoms with E-state index in [4.69, 9.17) is 4.74 Å². The van der Waals surface area contributed by atoms with E-state index in [1.165, 1.54) is 20.0 Å². The lowest BCUT2D eigenvalue weighted by molar-refractivity contribution is -0.143. The summed E-state index contributed by atoms with van der Waals surface area (Å²) in [5.41, 5.74) is 0. The number of carbonyl (C=O) groups is 2. The second kappa shape index (κ2) is 5.69. The van der Waals surface area contributed by atoms with Gasteiger partial charge in [0.05, 0.1) is 13.5 Å². The lowest BCUT2D eigenvalue weighted by atomic mass is 9.91. The second-order valence-corrected chi connectivity index (χ2v) is 5.44. The molecule has 2 fully saturated rings. The van der Waals surface area contributed by atoms with Crippen LogP contribution in [-0.2, 0) is 14.3 Å². The molecule has 102 valence electrons. The standard InChI is InChI=1S/C13H22N2O3/c1-9(16)15-7-10(6-13(17)18-2)5-12(8-15)14-11-3-4-11/h10-12,14H,3-8H2,1-2H3. The Morgan fingerprint density at radius 2 is 2.00 bits per heavy atom. The van der Waals surface area contributed by atoms with Gasteiger partial charge in [0.1, 0.15) is 0 Å². The number of nitrogens with zero attached hydrogens (tertiary/aromatic N) is 1. The first-order valence-electron chi connectivity index (χ1n) is 6.67. The van der Waals surface area contributed by atoms with E-state index in [1.54, 1.807) is 6.92 Å². The van der Waals surface area contributed by atoms with Crippen molar-refractivity contribution >= 4 is 11.9 Å². The Hall–Kier alpha value is -1.10. The lowest BCUT2D eigenvalue weighted by Gasteiger charge is -2.37. The van der Waals surface area contributed by atoms with Crippen molar-refractivity contribution in [3.05, 3.63) is 0 Å². The molecule has 0 aromatic carbocycles. The number of ether oxygens (including phenoxy) is 1. The fourth-order valence-electron chi connectivity index (χ4n) is 2.63. The molecule has 1 saturated heterocycles. The minimum Gasteiger partial charge on any atom is -0.469 e. The van der Waals surface area contributed by atoms with E-state index in [2.05, 4.69) is 5.32 Å². The maximum absolute atomic E-state index is 11.5. The molecular formula is C13H22N2O3. The smallest absolute Gasteiger partial charge is 0.305 e. The molecule has 0 bridgehead atoms. The zero-order valence-corrected chi connectivity index (χ0v) is 11.1. The van der Waals surface area contributed by atoms with Crippen LogP contribution < -0.4 is 5.32 Å². The molecule has 1 aliphatic carbocycles. The van der Waals surface area contributed by atoms with Crippen molar-refractivity contribution in [3.8, 4) is 0 Å². The fraction of sp³-hybridized carbons (Fsp3) is 0.846. The Morgan fingerprint density at radius 1 is 1.28 bits per heavy atom. The van der Waals surface area contributed by atoms with Crippen LogP contribution in [0.4, 0.5) is 0 Å². The van der Waals surface area contributed by atoms with Crippen molar-refractivity contribution in [2.24, 2.45) is 5.92 Å². The molecule has 1 aliphatic heterocycles. The van der Waals surface area contributed by atoms with Gasteiger partial charge in [-0.2, -0.15) is 0 Å². The monoisotopic (exact) mass is 254 g/mol. The topological polar surface area (TPSA) is 58.6 Å². The van der Waals surface area contributed by atoms with Gasteiger partial charge in [0, 0.05) is 32.1 Å². The van der Waals surface area contributed by atoms with Crippen LogP contribution in [0.15, 0.2) is 0 Å². The van der Waals surface area contributed by atoms with Gasteiger partial charge in [0.25, 0.3) is 0 Å². The number of carbonyl (C=O) groups excluding carboxylic acids is 2. The van der Waals surface area contributed by atoms with E-state index in [1.807, 2.05) is 4.90 Å². The summed E-state index contributed by atoms with van der Waals surface area (Å²) in [6, 6.07) is 0.950. The van der Waals surface area contributed by atoms with Crippen LogP contribution in [0.1, 0.15) is 32.6 Å². The molecule has 18 heavy (non-hydrogen) atoms. The summed E-state index contributed by atoms with van der Waals surface area (Å²) in [5.74, 6) is 0.120. The molecule has 2 rings (SSSR count). The SMILES string of the molecule is COC(=O)CC1CC(NC2CC2)CN(C(C)=O)C1. The number of rotatable bonds is 4. The molecule has 2 aliphatic rings. The largest absolute Gasteiger partial charge is 0.469 e. The number of esters is 1. The summed E-state index contributed by atoms with van der Waals surface area (Å²) >= 11 is 0. The minimum atomic E-state index is -0.185. The Morgan fingerprint density at radius 3 is 2.56 bits per heavy atom. The van der Waals surface area contributed by atoms with Crippen LogP contribution in [0.25, 0.3) is 0 Å². The molecule has 1 N–H and O–H groups in total. The predicted molar refractivity (Wildman–Crippen MR) is 66.9 cm³/mol. The van der Waals surface area contributed by atoms with Gasteiger partial charge < -0.3 is 15.0 Å². The highest BCUT2D eigenvalue weighted by molar-refractivity contribution is 5.74. The third-order valence-electron chi connectivity index (χ3n) is 3.71. The Kier molecular flexibility index (Phi) is 4.22. The third kappa shape index (κ3) is 3.70. The summed E-state index contributed by atoms with van der Waals surface area (Å²) in [6.45, 7) is 3.03. The summed E-state index contributed by atoms with van der Waals surface area (Å²) in [7, 11) is 1.41. The summed E-state index contributed by atoms with van der Waals surface area (Å²) < 4.78 is 4.71. The zero-order chi connectivity index (χ0) is 13.1. The van der Waals surface area contributed by atoms with Crippen LogP contribution in [0.3, 0.4) is 0 Å². The number of piperidine rings is 1. The molecule has 1 amide bonds. The first kappa shape index (κ1) is 13.3. The van der Waals surface area contributed by atoms with Crippen molar-refractivity contribution in [2.75, 3.05) is 20.2 Å². The van der Waals surface area contributed by atoms with Gasteiger partial charge in [0.2, 0.25) is 5.91 Å². The van der Waals surface area contributed by atoms with Gasteiger partial charge in [-0.3, -0.25) is 9.59 Å². The van der Waals surface area contributed by atoms with Crippen LogP contribution in [-0.4, -0.2) is 49.1 Å². The molecule has 5 heteroatoms. The molecule has 0 radical (unpaired) electrons. The number of likely N-dealkylation sites (tertiary alicyclic amines) is 1. The number of amides is 1. The van der Waals surface area contributed by atoms with Crippen molar-refractivity contribution < 1.29 is 14.3 Å². The Balaban J connectivity index is 1.91. The predicted octanol–water partition coefficient (Wildman–Crippen LogP) is 0.538. The fourth-order valence-corrected chi connectivity index (χ4v) is 2.63. The van der Waals surface area contributed by atoms with Crippen LogP contribution >= 0.6 is 0 Å². The van der Waals surface area contributed by atoms with Gasteiger partial charge in [-0.1, -0.05) is 0 Å². The first-order chi connectivity index (χ1) is 8.58. The van der Waals surface area contributed by atoms with Crippen molar-refractivity contribution in [2.45, 2.75) is 44.7 Å². The van der Waals surface area contributed by atoms with E-state index in [0.717, 1.165) is 13.0 Å². The van der Waals surface area contributed by atoms with Crippen LogP contribution in [0.2, 0.25) is 0 Å². The van der Waals surface area contributed by atoms with Crippen molar-refractivity contribution in [1.82, 2.24) is 10.2 Å². The quantitative estimate of drug-likeness (QED) is 0.744. The van der Waals surface area contributed by atoms with E-state index in [9.17, 15) is 9.59 Å². The normalized spacial score (nSPS) is 28.0. The first-order valence-corrected chi connectivity index (χ1v) is 6.67. The molecule has 1 saturated carbocycles. The van der Waals surface area contributed by atoms with Gasteiger partial charge in [-0.15, -0.1) is 0 Å².